The van der Waals surface area contributed by atoms with E-state index in [2.05, 4.69) is 71.2 Å². The minimum atomic E-state index is 0.704. The second-order valence-electron chi connectivity index (χ2n) is 5.89. The number of benzene rings is 2. The van der Waals surface area contributed by atoms with Crippen LogP contribution in [0, 0.1) is 0 Å². The summed E-state index contributed by atoms with van der Waals surface area (Å²) in [6.07, 6.45) is 2.30. The van der Waals surface area contributed by atoms with Crippen molar-refractivity contribution in [3.8, 4) is 11.1 Å². The molecule has 0 atom stereocenters. The Morgan fingerprint density at radius 2 is 1.57 bits per heavy atom. The highest BCUT2D eigenvalue weighted by molar-refractivity contribution is 7.80. The lowest BCUT2D eigenvalue weighted by molar-refractivity contribution is 0.217. The van der Waals surface area contributed by atoms with Gasteiger partial charge in [-0.05, 0) is 40.9 Å². The van der Waals surface area contributed by atoms with E-state index < -0.39 is 0 Å². The van der Waals surface area contributed by atoms with Crippen molar-refractivity contribution in [2.24, 2.45) is 0 Å². The Bertz CT molecular complexity index is 636. The molecule has 0 saturated carbocycles. The number of rotatable bonds is 4. The Kier molecular flexibility index (Phi) is 5.26. The van der Waals surface area contributed by atoms with Crippen LogP contribution in [0.1, 0.15) is 30.9 Å². The molecule has 0 amide bonds. The van der Waals surface area contributed by atoms with E-state index in [9.17, 15) is 0 Å². The number of thiocarbonyl (C=S) groups is 1. The first-order valence-corrected chi connectivity index (χ1v) is 8.64. The van der Waals surface area contributed by atoms with E-state index in [-0.39, 0.29) is 0 Å². The van der Waals surface area contributed by atoms with Gasteiger partial charge in [0.15, 0.2) is 5.11 Å². The number of hydrogen-bond acceptors (Lipinski definition) is 2. The molecule has 0 aliphatic carbocycles. The van der Waals surface area contributed by atoms with Crippen LogP contribution < -0.4 is 10.7 Å². The van der Waals surface area contributed by atoms with Gasteiger partial charge in [-0.1, -0.05) is 61.9 Å². The van der Waals surface area contributed by atoms with Crippen molar-refractivity contribution in [2.45, 2.75) is 32.9 Å². The largest absolute Gasteiger partial charge is 0.362 e. The lowest BCUT2D eigenvalue weighted by Crippen LogP contribution is -2.46. The average Bonchev–Trinajstić information content (AvgIpc) is 2.71. The van der Waals surface area contributed by atoms with E-state index >= 15 is 0 Å². The van der Waals surface area contributed by atoms with Crippen LogP contribution >= 0.6 is 12.2 Å². The monoisotopic (exact) mass is 325 g/mol. The molecule has 1 aliphatic rings. The smallest absolute Gasteiger partial charge is 0.181 e. The van der Waals surface area contributed by atoms with Gasteiger partial charge in [0.2, 0.25) is 0 Å². The molecule has 3 nitrogen and oxygen atoms in total. The summed E-state index contributed by atoms with van der Waals surface area (Å²) in [7, 11) is 0. The second-order valence-corrected chi connectivity index (χ2v) is 6.30. The number of fused-ring (bicyclic) bond motifs is 3. The van der Waals surface area contributed by atoms with Gasteiger partial charge >= 0.3 is 0 Å². The van der Waals surface area contributed by atoms with Gasteiger partial charge in [0.1, 0.15) is 0 Å². The SMILES string of the molecule is CCCCNC(=S)NN1Cc2ccccc2-c2ccccc2C1. The van der Waals surface area contributed by atoms with Crippen LogP contribution in [0.4, 0.5) is 0 Å². The van der Waals surface area contributed by atoms with Crippen molar-refractivity contribution >= 4 is 17.3 Å². The first-order chi connectivity index (χ1) is 11.3. The number of unbranched alkanes of at least 4 members (excludes halogenated alkanes) is 1. The van der Waals surface area contributed by atoms with Crippen LogP contribution in [0.2, 0.25) is 0 Å². The first-order valence-electron chi connectivity index (χ1n) is 8.23. The molecule has 4 heteroatoms. The maximum Gasteiger partial charge on any atom is 0.181 e. The Morgan fingerprint density at radius 1 is 1.00 bits per heavy atom. The molecule has 0 saturated heterocycles. The maximum atomic E-state index is 5.43. The van der Waals surface area contributed by atoms with E-state index in [4.69, 9.17) is 12.2 Å². The van der Waals surface area contributed by atoms with E-state index in [1.54, 1.807) is 0 Å². The Labute approximate surface area is 143 Å². The van der Waals surface area contributed by atoms with E-state index in [0.29, 0.717) is 5.11 Å². The molecule has 0 bridgehead atoms. The van der Waals surface area contributed by atoms with Crippen molar-refractivity contribution in [1.29, 1.82) is 0 Å². The predicted molar refractivity (Wildman–Crippen MR) is 99.8 cm³/mol. The Hall–Kier alpha value is -1.91. The van der Waals surface area contributed by atoms with Crippen molar-refractivity contribution in [2.75, 3.05) is 6.54 Å². The van der Waals surface area contributed by atoms with Gasteiger partial charge in [-0.3, -0.25) is 5.43 Å². The summed E-state index contributed by atoms with van der Waals surface area (Å²) in [5.74, 6) is 0. The fourth-order valence-corrected chi connectivity index (χ4v) is 3.18. The van der Waals surface area contributed by atoms with Gasteiger partial charge in [0.05, 0.1) is 0 Å². The third-order valence-corrected chi connectivity index (χ3v) is 4.36. The van der Waals surface area contributed by atoms with E-state index in [1.165, 1.54) is 28.7 Å². The summed E-state index contributed by atoms with van der Waals surface area (Å²) < 4.78 is 0. The lowest BCUT2D eigenvalue weighted by Gasteiger charge is -2.24. The van der Waals surface area contributed by atoms with Gasteiger partial charge in [-0.25, -0.2) is 5.01 Å². The quantitative estimate of drug-likeness (QED) is 0.659. The molecule has 120 valence electrons. The molecule has 0 radical (unpaired) electrons. The molecular weight excluding hydrogens is 302 g/mol. The number of nitrogens with one attached hydrogen (secondary N) is 2. The topological polar surface area (TPSA) is 27.3 Å². The molecule has 1 heterocycles. The molecule has 0 fully saturated rings. The predicted octanol–water partition coefficient (Wildman–Crippen LogP) is 3.85. The Balaban J connectivity index is 1.79. The summed E-state index contributed by atoms with van der Waals surface area (Å²) in [4.78, 5) is 0. The molecule has 1 aliphatic heterocycles. The fraction of sp³-hybridized carbons (Fsp3) is 0.316. The van der Waals surface area contributed by atoms with Crippen molar-refractivity contribution < 1.29 is 0 Å². The van der Waals surface area contributed by atoms with Crippen LogP contribution in [-0.2, 0) is 13.1 Å². The molecule has 0 spiro atoms. The van der Waals surface area contributed by atoms with Crippen molar-refractivity contribution in [3.05, 3.63) is 59.7 Å². The van der Waals surface area contributed by atoms with Crippen LogP contribution in [0.25, 0.3) is 11.1 Å². The summed E-state index contributed by atoms with van der Waals surface area (Å²) in [6.45, 7) is 4.77. The van der Waals surface area contributed by atoms with Crippen LogP contribution in [0.15, 0.2) is 48.5 Å². The highest BCUT2D eigenvalue weighted by Gasteiger charge is 2.19. The highest BCUT2D eigenvalue weighted by atomic mass is 32.1. The zero-order valence-corrected chi connectivity index (χ0v) is 14.3. The number of nitrogens with zero attached hydrogens (tertiary/aromatic N) is 1. The van der Waals surface area contributed by atoms with Gasteiger partial charge in [0, 0.05) is 19.6 Å². The third kappa shape index (κ3) is 3.89. The highest BCUT2D eigenvalue weighted by Crippen LogP contribution is 2.31. The minimum Gasteiger partial charge on any atom is -0.362 e. The van der Waals surface area contributed by atoms with Gasteiger partial charge in [0.25, 0.3) is 0 Å². The molecule has 23 heavy (non-hydrogen) atoms. The van der Waals surface area contributed by atoms with Crippen LogP contribution in [-0.4, -0.2) is 16.7 Å². The number of hydrogen-bond donors (Lipinski definition) is 2. The molecule has 2 aromatic carbocycles. The van der Waals surface area contributed by atoms with E-state index in [0.717, 1.165) is 26.1 Å². The summed E-state index contributed by atoms with van der Waals surface area (Å²) in [6, 6.07) is 17.2. The van der Waals surface area contributed by atoms with Crippen molar-refractivity contribution in [1.82, 2.24) is 15.8 Å². The van der Waals surface area contributed by atoms with E-state index in [1.807, 2.05) is 0 Å². The van der Waals surface area contributed by atoms with Crippen LogP contribution in [0.5, 0.6) is 0 Å². The normalized spacial score (nSPS) is 13.6. The average molecular weight is 325 g/mol. The molecular formula is C19H23N3S. The van der Waals surface area contributed by atoms with Gasteiger partial charge in [-0.15, -0.1) is 0 Å². The second kappa shape index (κ2) is 7.57. The van der Waals surface area contributed by atoms with Crippen molar-refractivity contribution in [3.63, 3.8) is 0 Å². The zero-order chi connectivity index (χ0) is 16.1. The van der Waals surface area contributed by atoms with Crippen LogP contribution in [0.3, 0.4) is 0 Å². The lowest BCUT2D eigenvalue weighted by atomic mass is 9.97. The fourth-order valence-electron chi connectivity index (χ4n) is 2.95. The van der Waals surface area contributed by atoms with Gasteiger partial charge in [-0.2, -0.15) is 0 Å². The summed E-state index contributed by atoms with van der Waals surface area (Å²) in [5, 5.41) is 6.17. The van der Waals surface area contributed by atoms with Gasteiger partial charge < -0.3 is 5.32 Å². The molecule has 3 rings (SSSR count). The summed E-state index contributed by atoms with van der Waals surface area (Å²) >= 11 is 5.43. The zero-order valence-electron chi connectivity index (χ0n) is 13.5. The minimum absolute atomic E-state index is 0.704. The first kappa shape index (κ1) is 16.0. The molecule has 2 N–H and O–H groups in total. The molecule has 2 aromatic rings. The Morgan fingerprint density at radius 3 is 2.13 bits per heavy atom. The number of hydrazine groups is 1. The molecule has 0 unspecified atom stereocenters. The molecule has 0 aromatic heterocycles. The third-order valence-electron chi connectivity index (χ3n) is 4.12. The standard InChI is InChI=1S/C19H23N3S/c1-2-3-12-20-19(23)21-22-13-15-8-4-6-10-17(15)18-11-7-5-9-16(18)14-22/h4-11H,2-3,12-14H2,1H3,(H2,20,21,23). The summed E-state index contributed by atoms with van der Waals surface area (Å²) in [5.41, 5.74) is 8.63. The maximum absolute atomic E-state index is 5.43.